The number of aromatic nitrogens is 8. The van der Waals surface area contributed by atoms with Crippen molar-refractivity contribution in [2.75, 3.05) is 0 Å². The molecule has 7 aromatic rings. The molecule has 2 aliphatic rings. The highest BCUT2D eigenvalue weighted by Gasteiger charge is 2.23. The molecule has 9 rings (SSSR count). The second-order valence-electron chi connectivity index (χ2n) is 9.90. The Kier molecular flexibility index (Phi) is 4.35. The van der Waals surface area contributed by atoms with E-state index >= 15 is 4.48 Å². The van der Waals surface area contributed by atoms with E-state index in [1.54, 1.807) is 0 Å². The molecule has 8 bridgehead atoms. The molecule has 1 N–H and O–H groups in total. The summed E-state index contributed by atoms with van der Waals surface area (Å²) in [6.45, 7) is 0. The number of rotatable bonds is 0. The van der Waals surface area contributed by atoms with E-state index in [1.807, 2.05) is 97.1 Å². The molecule has 0 radical (unpaired) electrons. The third-order valence-corrected chi connectivity index (χ3v) is 7.56. The molecular weight excluding hydrogens is 515 g/mol. The summed E-state index contributed by atoms with van der Waals surface area (Å²) in [5.74, 6) is 1.71. The van der Waals surface area contributed by atoms with Gasteiger partial charge in [0.15, 0.2) is 34.6 Å². The first kappa shape index (κ1) is 22.0. The number of nitrogens with one attached hydrogen (secondary N) is 1. The fourth-order valence-electron chi connectivity index (χ4n) is 5.65. The van der Waals surface area contributed by atoms with Crippen molar-refractivity contribution >= 4 is 44.1 Å². The highest BCUT2D eigenvalue weighted by Crippen LogP contribution is 2.37. The lowest BCUT2D eigenvalue weighted by atomic mass is 10.1. The number of nitrogens with zero attached hydrogens (tertiary/aromatic N) is 7. The fourth-order valence-corrected chi connectivity index (χ4v) is 5.65. The third-order valence-electron chi connectivity index (χ3n) is 7.56. The number of benzene rings is 4. The van der Waals surface area contributed by atoms with Crippen molar-refractivity contribution in [1.29, 1.82) is 0 Å². The van der Waals surface area contributed by atoms with Crippen LogP contribution in [0.3, 0.4) is 0 Å². The summed E-state index contributed by atoms with van der Waals surface area (Å²) in [5.41, 5.74) is 4.61. The molecule has 0 saturated heterocycles. The highest BCUT2D eigenvalue weighted by atomic mass is 19.2. The van der Waals surface area contributed by atoms with Crippen LogP contribution in [0.15, 0.2) is 97.1 Å². The van der Waals surface area contributed by atoms with Crippen LogP contribution in [0.5, 0.6) is 0 Å². The van der Waals surface area contributed by atoms with E-state index in [4.69, 9.17) is 29.9 Å². The molecule has 0 atom stereocenters. The first-order valence-electron chi connectivity index (χ1n) is 13.1. The molecule has 5 heterocycles. The number of hydrogen-bond donors (Lipinski definition) is 1. The Morgan fingerprint density at radius 1 is 0.415 bits per heavy atom. The zero-order chi connectivity index (χ0) is 27.1. The maximum atomic E-state index is 16.2. The summed E-state index contributed by atoms with van der Waals surface area (Å²) >= 11 is 0. The average molecular weight is 533 g/mol. The number of aromatic amines is 1. The Morgan fingerprint density at radius 2 is 0.756 bits per heavy atom. The molecular formula is C32H17FN8. The molecule has 9 heteroatoms. The Balaban J connectivity index is 1.53. The summed E-state index contributed by atoms with van der Waals surface area (Å²) in [5, 5.41) is 3.03. The largest absolute Gasteiger partial charge is 0.324 e. The third kappa shape index (κ3) is 3.14. The molecule has 0 fully saturated rings. The molecule has 3 aromatic heterocycles. The second-order valence-corrected chi connectivity index (χ2v) is 9.90. The summed E-state index contributed by atoms with van der Waals surface area (Å²) in [6, 6.07) is 30.7. The van der Waals surface area contributed by atoms with Gasteiger partial charge in [0.25, 0.3) is 0 Å². The monoisotopic (exact) mass is 532 g/mol. The zero-order valence-corrected chi connectivity index (χ0v) is 21.2. The molecule has 8 nitrogen and oxygen atoms in total. The van der Waals surface area contributed by atoms with Gasteiger partial charge < -0.3 is 4.98 Å². The van der Waals surface area contributed by atoms with Gasteiger partial charge in [-0.15, -0.1) is 4.79 Å². The van der Waals surface area contributed by atoms with Crippen LogP contribution in [0.1, 0.15) is 0 Å². The van der Waals surface area contributed by atoms with Crippen molar-refractivity contribution in [1.82, 2.24) is 39.7 Å². The minimum Gasteiger partial charge on any atom is -0.324 e. The number of fused-ring (bicyclic) bond motifs is 20. The maximum Gasteiger partial charge on any atom is 0.175 e. The Bertz CT molecular complexity index is 2240. The summed E-state index contributed by atoms with van der Waals surface area (Å²) in [4.78, 5) is 32.9. The van der Waals surface area contributed by atoms with E-state index in [1.165, 1.54) is 0 Å². The Labute approximate surface area is 230 Å². The quantitative estimate of drug-likeness (QED) is 0.224. The summed E-state index contributed by atoms with van der Waals surface area (Å²) in [7, 11) is 0. The normalized spacial score (nSPS) is 12.0. The van der Waals surface area contributed by atoms with Gasteiger partial charge >= 0.3 is 0 Å². The molecule has 0 spiro atoms. The van der Waals surface area contributed by atoms with Crippen molar-refractivity contribution < 1.29 is 4.48 Å². The van der Waals surface area contributed by atoms with Crippen molar-refractivity contribution in [3.63, 3.8) is 0 Å². The van der Waals surface area contributed by atoms with E-state index in [2.05, 4.69) is 4.98 Å². The predicted octanol–water partition coefficient (Wildman–Crippen LogP) is 7.08. The van der Waals surface area contributed by atoms with E-state index < -0.39 is 0 Å². The molecule has 0 aliphatic carbocycles. The number of H-pyrrole nitrogens is 1. The van der Waals surface area contributed by atoms with Gasteiger partial charge in [-0.25, -0.2) is 29.9 Å². The first-order chi connectivity index (χ1) is 20.2. The fraction of sp³-hybridized carbons (Fsp3) is 0. The molecule has 0 amide bonds. The van der Waals surface area contributed by atoms with E-state index in [-0.39, 0.29) is 11.3 Å². The van der Waals surface area contributed by atoms with Crippen LogP contribution < -0.4 is 0 Å². The van der Waals surface area contributed by atoms with Gasteiger partial charge in [0.05, 0.1) is 0 Å². The lowest BCUT2D eigenvalue weighted by Gasteiger charge is -1.97. The minimum absolute atomic E-state index is 0.106. The summed E-state index contributed by atoms with van der Waals surface area (Å²) < 4.78 is 16.2. The molecule has 4 aromatic carbocycles. The SMILES string of the molecule is Fn1c2nc3nc(nc4[nH]c(nc5nc(nc1c1ccccc12)-c1ccccc1-5)c1ccccc41)-c1ccccc1-3. The van der Waals surface area contributed by atoms with Crippen LogP contribution in [-0.2, 0) is 0 Å². The topological polar surface area (TPSA) is 98.1 Å². The smallest absolute Gasteiger partial charge is 0.175 e. The highest BCUT2D eigenvalue weighted by molar-refractivity contribution is 6.06. The zero-order valence-electron chi connectivity index (χ0n) is 21.2. The number of hydrogen-bond acceptors (Lipinski definition) is 6. The lowest BCUT2D eigenvalue weighted by Crippen LogP contribution is -1.89. The van der Waals surface area contributed by atoms with E-state index in [0.717, 1.165) is 33.0 Å². The molecule has 0 unspecified atom stereocenters. The second kappa shape index (κ2) is 8.09. The van der Waals surface area contributed by atoms with Gasteiger partial charge in [0.1, 0.15) is 11.3 Å². The molecule has 2 aliphatic heterocycles. The Hall–Kier alpha value is -5.83. The average Bonchev–Trinajstić information content (AvgIpc) is 3.72. The van der Waals surface area contributed by atoms with Crippen molar-refractivity contribution in [2.45, 2.75) is 0 Å². The lowest BCUT2D eigenvalue weighted by molar-refractivity contribution is 0.399. The van der Waals surface area contributed by atoms with Crippen LogP contribution in [0.2, 0.25) is 0 Å². The molecule has 0 saturated carbocycles. The first-order valence-corrected chi connectivity index (χ1v) is 13.1. The van der Waals surface area contributed by atoms with Gasteiger partial charge in [-0.1, -0.05) is 102 Å². The maximum absolute atomic E-state index is 16.2. The predicted molar refractivity (Wildman–Crippen MR) is 156 cm³/mol. The van der Waals surface area contributed by atoms with E-state index in [0.29, 0.717) is 50.2 Å². The number of halogens is 1. The van der Waals surface area contributed by atoms with Crippen LogP contribution >= 0.6 is 0 Å². The van der Waals surface area contributed by atoms with Gasteiger partial charge in [-0.05, 0) is 0 Å². The molecule has 192 valence electrons. The van der Waals surface area contributed by atoms with Gasteiger partial charge in [0.2, 0.25) is 0 Å². The molecule has 41 heavy (non-hydrogen) atoms. The van der Waals surface area contributed by atoms with Crippen LogP contribution in [0.4, 0.5) is 4.48 Å². The van der Waals surface area contributed by atoms with Crippen LogP contribution in [0, 0.1) is 0 Å². The van der Waals surface area contributed by atoms with Crippen LogP contribution in [-0.4, -0.2) is 39.7 Å². The van der Waals surface area contributed by atoms with Crippen molar-refractivity contribution in [3.8, 4) is 45.6 Å². The Morgan fingerprint density at radius 3 is 1.17 bits per heavy atom. The minimum atomic E-state index is 0.106. The van der Waals surface area contributed by atoms with E-state index in [9.17, 15) is 0 Å². The van der Waals surface area contributed by atoms with Crippen molar-refractivity contribution in [3.05, 3.63) is 97.1 Å². The van der Waals surface area contributed by atoms with Gasteiger partial charge in [-0.2, -0.15) is 0 Å². The van der Waals surface area contributed by atoms with Crippen molar-refractivity contribution in [2.24, 2.45) is 0 Å². The summed E-state index contributed by atoms with van der Waals surface area (Å²) in [6.07, 6.45) is 0. The van der Waals surface area contributed by atoms with Gasteiger partial charge in [0, 0.05) is 43.8 Å². The van der Waals surface area contributed by atoms with Gasteiger partial charge in [-0.3, -0.25) is 0 Å². The standard InChI is InChI=1S/C32H17FN8/c33-41-31-23-15-7-8-16-24(23)32(41)40-30-22-14-6-4-12-20(22)28(38-30)36-26-18-10-2-1-9-17(18)25(34-26)35-27-19-11-3-5-13-21(19)29(37-27)39-31/h1-16H,(H,34,35,36,37,38,39,40). The van der Waals surface area contributed by atoms with Crippen LogP contribution in [0.25, 0.3) is 89.7 Å².